The summed E-state index contributed by atoms with van der Waals surface area (Å²) < 4.78 is 59.3. The number of carboxylic acid groups (broad SMARTS) is 1. The Morgan fingerprint density at radius 3 is 2.54 bits per heavy atom. The maximum absolute atomic E-state index is 14.2. The highest BCUT2D eigenvalue weighted by Crippen LogP contribution is 2.35. The molecule has 1 aliphatic rings. The lowest BCUT2D eigenvalue weighted by Gasteiger charge is -2.30. The Bertz CT molecular complexity index is 944. The predicted octanol–water partition coefficient (Wildman–Crippen LogP) is 2.57. The number of hydrogen-bond acceptors (Lipinski definition) is 4. The van der Waals surface area contributed by atoms with Crippen LogP contribution in [0.25, 0.3) is 0 Å². The van der Waals surface area contributed by atoms with Crippen LogP contribution < -0.4 is 9.04 Å². The molecule has 0 spiro atoms. The van der Waals surface area contributed by atoms with Crippen molar-refractivity contribution in [3.8, 4) is 5.75 Å². The second-order valence-corrected chi connectivity index (χ2v) is 7.59. The molecule has 0 saturated carbocycles. The number of sulfonamides is 1. The van der Waals surface area contributed by atoms with E-state index in [9.17, 15) is 22.0 Å². The molecule has 1 aliphatic heterocycles. The summed E-state index contributed by atoms with van der Waals surface area (Å²) >= 11 is 0. The van der Waals surface area contributed by atoms with Gasteiger partial charge in [0, 0.05) is 12.6 Å². The third kappa shape index (κ3) is 3.48. The van der Waals surface area contributed by atoms with E-state index in [0.717, 1.165) is 10.4 Å². The van der Waals surface area contributed by atoms with Crippen molar-refractivity contribution in [2.45, 2.75) is 17.7 Å². The molecule has 0 amide bonds. The molecule has 26 heavy (non-hydrogen) atoms. The van der Waals surface area contributed by atoms with E-state index in [1.807, 2.05) is 0 Å². The van der Waals surface area contributed by atoms with Crippen LogP contribution in [0.5, 0.6) is 5.75 Å². The van der Waals surface area contributed by atoms with Crippen LogP contribution in [-0.2, 0) is 21.2 Å². The second-order valence-electron chi connectivity index (χ2n) is 5.73. The minimum atomic E-state index is -4.06. The lowest BCUT2D eigenvalue weighted by Crippen LogP contribution is -2.36. The molecule has 9 heteroatoms. The van der Waals surface area contributed by atoms with Crippen molar-refractivity contribution in [1.82, 2.24) is 0 Å². The lowest BCUT2D eigenvalue weighted by molar-refractivity contribution is -0.139. The van der Waals surface area contributed by atoms with Gasteiger partial charge >= 0.3 is 5.97 Å². The number of aliphatic carboxylic acids is 1. The Morgan fingerprint density at radius 2 is 1.88 bits per heavy atom. The van der Waals surface area contributed by atoms with Gasteiger partial charge in [0.15, 0.2) is 12.4 Å². The highest BCUT2D eigenvalue weighted by molar-refractivity contribution is 7.92. The number of hydrogen-bond donors (Lipinski definition) is 1. The van der Waals surface area contributed by atoms with E-state index in [1.54, 1.807) is 0 Å². The SMILES string of the molecule is O=C(O)COc1ccc(S(=O)(=O)N2CCCc3cc(F)cc(F)c32)cc1. The molecular weight excluding hydrogens is 368 g/mol. The molecule has 3 rings (SSSR count). The standard InChI is InChI=1S/C17H15F2NO5S/c18-12-8-11-2-1-7-20(17(11)15(19)9-12)26(23,24)14-5-3-13(4-6-14)25-10-16(21)22/h3-6,8-9H,1-2,7,10H2,(H,21,22). The zero-order chi connectivity index (χ0) is 18.9. The van der Waals surface area contributed by atoms with Gasteiger partial charge in [0.25, 0.3) is 10.0 Å². The van der Waals surface area contributed by atoms with Crippen molar-refractivity contribution in [2.75, 3.05) is 17.5 Å². The van der Waals surface area contributed by atoms with E-state index < -0.39 is 34.2 Å². The molecule has 0 saturated heterocycles. The van der Waals surface area contributed by atoms with Crippen LogP contribution in [0.15, 0.2) is 41.3 Å². The molecular formula is C17H15F2NO5S. The number of fused-ring (bicyclic) bond motifs is 1. The van der Waals surface area contributed by atoms with Gasteiger partial charge in [-0.25, -0.2) is 22.0 Å². The molecule has 1 heterocycles. The Morgan fingerprint density at radius 1 is 1.19 bits per heavy atom. The smallest absolute Gasteiger partial charge is 0.341 e. The van der Waals surface area contributed by atoms with Gasteiger partial charge in [0.05, 0.1) is 10.6 Å². The molecule has 0 bridgehead atoms. The first-order valence-electron chi connectivity index (χ1n) is 7.74. The number of aryl methyl sites for hydroxylation is 1. The van der Waals surface area contributed by atoms with Crippen LogP contribution in [0, 0.1) is 11.6 Å². The number of carboxylic acids is 1. The average molecular weight is 383 g/mol. The van der Waals surface area contributed by atoms with Gasteiger partial charge in [0.2, 0.25) is 0 Å². The highest BCUT2D eigenvalue weighted by atomic mass is 32.2. The predicted molar refractivity (Wildman–Crippen MR) is 88.8 cm³/mol. The fourth-order valence-electron chi connectivity index (χ4n) is 2.83. The molecule has 0 radical (unpaired) electrons. The van der Waals surface area contributed by atoms with Gasteiger partial charge < -0.3 is 9.84 Å². The average Bonchev–Trinajstić information content (AvgIpc) is 2.59. The molecule has 0 aliphatic carbocycles. The van der Waals surface area contributed by atoms with Gasteiger partial charge in [-0.15, -0.1) is 0 Å². The summed E-state index contributed by atoms with van der Waals surface area (Å²) in [6, 6.07) is 6.95. The van der Waals surface area contributed by atoms with Crippen LogP contribution in [0.1, 0.15) is 12.0 Å². The third-order valence-electron chi connectivity index (χ3n) is 3.94. The molecule has 138 valence electrons. The normalized spacial score (nSPS) is 14.0. The zero-order valence-corrected chi connectivity index (χ0v) is 14.3. The topological polar surface area (TPSA) is 83.9 Å². The number of carbonyl (C=O) groups is 1. The van der Waals surface area contributed by atoms with E-state index in [1.165, 1.54) is 24.3 Å². The molecule has 2 aromatic carbocycles. The number of nitrogens with zero attached hydrogens (tertiary/aromatic N) is 1. The van der Waals surface area contributed by atoms with E-state index in [0.29, 0.717) is 24.5 Å². The van der Waals surface area contributed by atoms with Crippen molar-refractivity contribution in [1.29, 1.82) is 0 Å². The summed E-state index contributed by atoms with van der Waals surface area (Å²) in [5.41, 5.74) is 0.169. The first-order chi connectivity index (χ1) is 12.3. The zero-order valence-electron chi connectivity index (χ0n) is 13.5. The van der Waals surface area contributed by atoms with Gasteiger partial charge in [-0.05, 0) is 48.7 Å². The Hall–Kier alpha value is -2.68. The molecule has 0 fully saturated rings. The fraction of sp³-hybridized carbons (Fsp3) is 0.235. The molecule has 0 unspecified atom stereocenters. The number of rotatable bonds is 5. The quantitative estimate of drug-likeness (QED) is 0.858. The summed E-state index contributed by atoms with van der Waals surface area (Å²) in [5, 5.41) is 8.58. The van der Waals surface area contributed by atoms with Crippen LogP contribution >= 0.6 is 0 Å². The summed E-state index contributed by atoms with van der Waals surface area (Å²) in [4.78, 5) is 10.4. The summed E-state index contributed by atoms with van der Waals surface area (Å²) in [7, 11) is -4.06. The van der Waals surface area contributed by atoms with Crippen LogP contribution in [-0.4, -0.2) is 32.6 Å². The number of benzene rings is 2. The van der Waals surface area contributed by atoms with Crippen molar-refractivity contribution in [3.63, 3.8) is 0 Å². The first kappa shape index (κ1) is 18.1. The molecule has 6 nitrogen and oxygen atoms in total. The van der Waals surface area contributed by atoms with Crippen LogP contribution in [0.2, 0.25) is 0 Å². The fourth-order valence-corrected chi connectivity index (χ4v) is 4.38. The summed E-state index contributed by atoms with van der Waals surface area (Å²) in [6.07, 6.45) is 0.826. The van der Waals surface area contributed by atoms with Crippen LogP contribution in [0.4, 0.5) is 14.5 Å². The Balaban J connectivity index is 1.94. The molecule has 1 N–H and O–H groups in total. The minimum absolute atomic E-state index is 0.0785. The van der Waals surface area contributed by atoms with Gasteiger partial charge in [-0.3, -0.25) is 4.31 Å². The van der Waals surface area contributed by atoms with E-state index in [4.69, 9.17) is 9.84 Å². The monoisotopic (exact) mass is 383 g/mol. The summed E-state index contributed by atoms with van der Waals surface area (Å²) in [6.45, 7) is -0.475. The maximum atomic E-state index is 14.2. The number of ether oxygens (including phenoxy) is 1. The van der Waals surface area contributed by atoms with Crippen molar-refractivity contribution in [3.05, 3.63) is 53.6 Å². The maximum Gasteiger partial charge on any atom is 0.341 e. The lowest BCUT2D eigenvalue weighted by atomic mass is 10.0. The van der Waals surface area contributed by atoms with Gasteiger partial charge in [0.1, 0.15) is 11.6 Å². The Kier molecular flexibility index (Phi) is 4.82. The first-order valence-corrected chi connectivity index (χ1v) is 9.18. The minimum Gasteiger partial charge on any atom is -0.482 e. The summed E-state index contributed by atoms with van der Waals surface area (Å²) in [5.74, 6) is -2.64. The second kappa shape index (κ2) is 6.91. The van der Waals surface area contributed by atoms with Crippen molar-refractivity contribution in [2.24, 2.45) is 0 Å². The largest absolute Gasteiger partial charge is 0.482 e. The number of halogens is 2. The van der Waals surface area contributed by atoms with Crippen molar-refractivity contribution < 1.29 is 31.8 Å². The highest BCUT2D eigenvalue weighted by Gasteiger charge is 2.32. The Labute approximate surface area is 148 Å². The third-order valence-corrected chi connectivity index (χ3v) is 5.75. The molecule has 0 atom stereocenters. The van der Waals surface area contributed by atoms with Crippen LogP contribution in [0.3, 0.4) is 0 Å². The van der Waals surface area contributed by atoms with Gasteiger partial charge in [-0.2, -0.15) is 0 Å². The number of anilines is 1. The van der Waals surface area contributed by atoms with E-state index in [-0.39, 0.29) is 22.9 Å². The molecule has 0 aromatic heterocycles. The van der Waals surface area contributed by atoms with E-state index >= 15 is 0 Å². The molecule has 2 aromatic rings. The van der Waals surface area contributed by atoms with Crippen molar-refractivity contribution >= 4 is 21.7 Å². The van der Waals surface area contributed by atoms with E-state index in [2.05, 4.69) is 0 Å². The van der Waals surface area contributed by atoms with Gasteiger partial charge in [-0.1, -0.05) is 0 Å².